The third kappa shape index (κ3) is 4.56. The number of nitrogens with one attached hydrogen (secondary N) is 1. The molecule has 1 aromatic rings. The van der Waals surface area contributed by atoms with E-state index >= 15 is 0 Å². The van der Waals surface area contributed by atoms with Crippen LogP contribution in [0.1, 0.15) is 10.4 Å². The van der Waals surface area contributed by atoms with Gasteiger partial charge in [0.1, 0.15) is 5.75 Å². The summed E-state index contributed by atoms with van der Waals surface area (Å²) in [4.78, 5) is 11.7. The predicted molar refractivity (Wildman–Crippen MR) is 72.3 cm³/mol. The first-order valence-corrected chi connectivity index (χ1v) is 7.81. The molecule has 0 atom stereocenters. The summed E-state index contributed by atoms with van der Waals surface area (Å²) >= 11 is 6.23. The maximum absolute atomic E-state index is 11.7. The summed E-state index contributed by atoms with van der Waals surface area (Å²) in [5, 5.41) is 11.9. The highest BCUT2D eigenvalue weighted by molar-refractivity contribution is 9.11. The molecule has 0 aliphatic rings. The van der Waals surface area contributed by atoms with E-state index in [-0.39, 0.29) is 17.9 Å². The number of rotatable bonds is 4. The van der Waals surface area contributed by atoms with Crippen LogP contribution < -0.4 is 5.32 Å². The predicted octanol–water partition coefficient (Wildman–Crippen LogP) is 1.53. The van der Waals surface area contributed by atoms with Crippen molar-refractivity contribution >= 4 is 47.9 Å². The van der Waals surface area contributed by atoms with E-state index in [1.165, 1.54) is 6.07 Å². The molecule has 0 unspecified atom stereocenters. The van der Waals surface area contributed by atoms with Crippen LogP contribution in [0.25, 0.3) is 0 Å². The lowest BCUT2D eigenvalue weighted by Gasteiger charge is -2.08. The van der Waals surface area contributed by atoms with Gasteiger partial charge in [-0.25, -0.2) is 0 Å². The molecule has 1 rings (SSSR count). The first kappa shape index (κ1) is 15.4. The fourth-order valence-corrected chi connectivity index (χ4v) is 2.71. The van der Waals surface area contributed by atoms with Crippen LogP contribution in [0.3, 0.4) is 0 Å². The smallest absolute Gasteiger partial charge is 0.266 e. The fourth-order valence-electron chi connectivity index (χ4n) is 1.13. The largest absolute Gasteiger partial charge is 0.506 e. The van der Waals surface area contributed by atoms with Gasteiger partial charge in [-0.15, -0.1) is 0 Å². The van der Waals surface area contributed by atoms with Crippen molar-refractivity contribution in [1.82, 2.24) is 5.32 Å². The minimum Gasteiger partial charge on any atom is -0.506 e. The number of amides is 1. The van der Waals surface area contributed by atoms with Gasteiger partial charge >= 0.3 is 0 Å². The number of hydrogen-bond acceptors (Lipinski definition) is 4. The second kappa shape index (κ2) is 6.00. The van der Waals surface area contributed by atoms with Crippen molar-refractivity contribution in [2.75, 3.05) is 12.3 Å². The normalized spacial score (nSPS) is 11.3. The highest BCUT2D eigenvalue weighted by atomic mass is 79.9. The second-order valence-electron chi connectivity index (χ2n) is 3.33. The Hall–Kier alpha value is -0.640. The number of hydrogen-bond donors (Lipinski definition) is 3. The summed E-state index contributed by atoms with van der Waals surface area (Å²) in [6.45, 7) is -0.249. The Balaban J connectivity index is 2.79. The summed E-state index contributed by atoms with van der Waals surface area (Å²) in [5.74, 6) is -1.48. The first-order chi connectivity index (χ1) is 8.20. The Morgan fingerprint density at radius 3 is 2.50 bits per heavy atom. The Kier molecular flexibility index (Phi) is 5.14. The first-order valence-electron chi connectivity index (χ1n) is 4.62. The van der Waals surface area contributed by atoms with E-state index in [1.807, 2.05) is 0 Å². The standard InChI is InChI=1S/C9H9Br2NO5S/c10-5-3-6(8(13)7(11)4-5)9(14)12-1-2-18(15,16)17/h3-4,13H,1-2H2,(H,12,14)(H,15,16,17). The van der Waals surface area contributed by atoms with Gasteiger partial charge in [0, 0.05) is 11.0 Å². The van der Waals surface area contributed by atoms with Gasteiger partial charge < -0.3 is 10.4 Å². The molecule has 0 aliphatic carbocycles. The molecule has 18 heavy (non-hydrogen) atoms. The van der Waals surface area contributed by atoms with Crippen LogP contribution in [-0.2, 0) is 10.1 Å². The van der Waals surface area contributed by atoms with Gasteiger partial charge in [0.25, 0.3) is 16.0 Å². The Labute approximate surface area is 120 Å². The van der Waals surface area contributed by atoms with E-state index in [4.69, 9.17) is 4.55 Å². The lowest BCUT2D eigenvalue weighted by molar-refractivity contribution is 0.0953. The van der Waals surface area contributed by atoms with Crippen molar-refractivity contribution in [2.45, 2.75) is 0 Å². The third-order valence-electron chi connectivity index (χ3n) is 1.92. The van der Waals surface area contributed by atoms with Gasteiger partial charge in [0.05, 0.1) is 15.8 Å². The summed E-state index contributed by atoms with van der Waals surface area (Å²) in [5.41, 5.74) is -0.00779. The lowest BCUT2D eigenvalue weighted by Crippen LogP contribution is -2.29. The molecule has 1 amide bonds. The summed E-state index contributed by atoms with van der Waals surface area (Å²) < 4.78 is 30.3. The number of aromatic hydroxyl groups is 1. The number of phenolic OH excluding ortho intramolecular Hbond substituents is 1. The van der Waals surface area contributed by atoms with Crippen LogP contribution in [0.5, 0.6) is 5.75 Å². The molecule has 9 heteroatoms. The van der Waals surface area contributed by atoms with Crippen molar-refractivity contribution in [3.05, 3.63) is 26.6 Å². The molecule has 0 bridgehead atoms. The zero-order valence-electron chi connectivity index (χ0n) is 8.85. The van der Waals surface area contributed by atoms with Gasteiger partial charge in [0.15, 0.2) is 0 Å². The van der Waals surface area contributed by atoms with Gasteiger partial charge in [0.2, 0.25) is 0 Å². The summed E-state index contributed by atoms with van der Waals surface area (Å²) in [6, 6.07) is 2.95. The van der Waals surface area contributed by atoms with Gasteiger partial charge in [-0.05, 0) is 28.1 Å². The molecule has 0 fully saturated rings. The van der Waals surface area contributed by atoms with E-state index in [0.717, 1.165) is 0 Å². The van der Waals surface area contributed by atoms with Crippen molar-refractivity contribution < 1.29 is 22.9 Å². The number of halogens is 2. The van der Waals surface area contributed by atoms with E-state index < -0.39 is 21.8 Å². The minimum absolute atomic E-state index is 0.00779. The van der Waals surface area contributed by atoms with Crippen LogP contribution in [0, 0.1) is 0 Å². The SMILES string of the molecule is O=C(NCCS(=O)(=O)O)c1cc(Br)cc(Br)c1O. The van der Waals surface area contributed by atoms with Crippen LogP contribution >= 0.6 is 31.9 Å². The molecule has 0 saturated heterocycles. The van der Waals surface area contributed by atoms with Crippen LogP contribution in [-0.4, -0.2) is 36.3 Å². The van der Waals surface area contributed by atoms with Gasteiger partial charge in [-0.1, -0.05) is 15.9 Å². The molecule has 0 aliphatic heterocycles. The number of phenols is 1. The van der Waals surface area contributed by atoms with Crippen LogP contribution in [0.2, 0.25) is 0 Å². The van der Waals surface area contributed by atoms with E-state index in [9.17, 15) is 18.3 Å². The number of benzene rings is 1. The highest BCUT2D eigenvalue weighted by Gasteiger charge is 2.15. The van der Waals surface area contributed by atoms with Gasteiger partial charge in [-0.2, -0.15) is 8.42 Å². The monoisotopic (exact) mass is 401 g/mol. The zero-order valence-corrected chi connectivity index (χ0v) is 12.8. The average molecular weight is 403 g/mol. The molecule has 1 aromatic carbocycles. The maximum Gasteiger partial charge on any atom is 0.266 e. The highest BCUT2D eigenvalue weighted by Crippen LogP contribution is 2.31. The van der Waals surface area contributed by atoms with Crippen molar-refractivity contribution in [3.8, 4) is 5.75 Å². The van der Waals surface area contributed by atoms with Crippen molar-refractivity contribution in [3.63, 3.8) is 0 Å². The van der Waals surface area contributed by atoms with E-state index in [0.29, 0.717) is 8.95 Å². The van der Waals surface area contributed by atoms with Crippen LogP contribution in [0.4, 0.5) is 0 Å². The third-order valence-corrected chi connectivity index (χ3v) is 3.70. The topological polar surface area (TPSA) is 104 Å². The number of carbonyl (C=O) groups is 1. The molecule has 0 radical (unpaired) electrons. The Bertz CT molecular complexity index is 573. The van der Waals surface area contributed by atoms with Gasteiger partial charge in [-0.3, -0.25) is 9.35 Å². The zero-order chi connectivity index (χ0) is 13.9. The van der Waals surface area contributed by atoms with E-state index in [2.05, 4.69) is 37.2 Å². The average Bonchev–Trinajstić information content (AvgIpc) is 2.21. The molecule has 0 aromatic heterocycles. The molecular formula is C9H9Br2NO5S. The minimum atomic E-state index is -4.12. The quantitative estimate of drug-likeness (QED) is 0.662. The van der Waals surface area contributed by atoms with Crippen molar-refractivity contribution in [1.29, 1.82) is 0 Å². The van der Waals surface area contributed by atoms with E-state index in [1.54, 1.807) is 6.07 Å². The lowest BCUT2D eigenvalue weighted by atomic mass is 10.2. The maximum atomic E-state index is 11.7. The molecular weight excluding hydrogens is 394 g/mol. The van der Waals surface area contributed by atoms with Crippen molar-refractivity contribution in [2.24, 2.45) is 0 Å². The molecule has 100 valence electrons. The summed E-state index contributed by atoms with van der Waals surface area (Å²) in [7, 11) is -4.12. The molecule has 0 saturated carbocycles. The molecule has 0 heterocycles. The summed E-state index contributed by atoms with van der Waals surface area (Å²) in [6.07, 6.45) is 0. The molecule has 3 N–H and O–H groups in total. The second-order valence-corrected chi connectivity index (χ2v) is 6.67. The fraction of sp³-hybridized carbons (Fsp3) is 0.222. The Morgan fingerprint density at radius 2 is 1.94 bits per heavy atom. The number of carbonyl (C=O) groups excluding carboxylic acids is 1. The molecule has 6 nitrogen and oxygen atoms in total. The molecule has 0 spiro atoms. The Morgan fingerprint density at radius 1 is 1.33 bits per heavy atom. The van der Waals surface area contributed by atoms with Crippen LogP contribution in [0.15, 0.2) is 21.1 Å².